The molecule has 0 radical (unpaired) electrons. The lowest BCUT2D eigenvalue weighted by atomic mass is 10.1. The highest BCUT2D eigenvalue weighted by Gasteiger charge is 2.28. The molecule has 0 amide bonds. The Morgan fingerprint density at radius 1 is 1.59 bits per heavy atom. The Balaban J connectivity index is 2.15. The van der Waals surface area contributed by atoms with Crippen LogP contribution in [0.4, 0.5) is 5.69 Å². The quantitative estimate of drug-likeness (QED) is 0.505. The Bertz CT molecular complexity index is 767. The maximum Gasteiger partial charge on any atom is 0.307 e. The van der Waals surface area contributed by atoms with E-state index in [9.17, 15) is 20.0 Å². The number of nitro benzene ring substituents is 1. The highest BCUT2D eigenvalue weighted by Crippen LogP contribution is 2.38. The van der Waals surface area contributed by atoms with Crippen LogP contribution in [0.1, 0.15) is 18.2 Å². The lowest BCUT2D eigenvalue weighted by molar-refractivity contribution is -0.384. The van der Waals surface area contributed by atoms with Gasteiger partial charge in [-0.2, -0.15) is 0 Å². The van der Waals surface area contributed by atoms with E-state index in [-0.39, 0.29) is 29.9 Å². The first-order valence-corrected chi connectivity index (χ1v) is 6.80. The number of hydrogen-bond acceptors (Lipinski definition) is 6. The third-order valence-electron chi connectivity index (χ3n) is 3.94. The molecule has 1 aliphatic rings. The van der Waals surface area contributed by atoms with E-state index in [4.69, 9.17) is 4.74 Å². The molecule has 3 rings (SSSR count). The Morgan fingerprint density at radius 2 is 2.36 bits per heavy atom. The molecule has 0 saturated carbocycles. The second kappa shape index (κ2) is 5.30. The van der Waals surface area contributed by atoms with Gasteiger partial charge in [0.25, 0.3) is 5.69 Å². The second-order valence-corrected chi connectivity index (χ2v) is 5.19. The Labute approximate surface area is 125 Å². The third-order valence-corrected chi connectivity index (χ3v) is 3.94. The molecule has 8 nitrogen and oxygen atoms in total. The van der Waals surface area contributed by atoms with Crippen molar-refractivity contribution in [2.75, 3.05) is 13.7 Å². The Hall–Kier alpha value is -2.61. The standard InChI is InChI=1S/C14H15N3O5/c1-22-13(18)5-9-6-15-7-12-14(19)10-4-8(17(20)21)2-3-11(10)16(9)12/h2-4,9,15,19H,5-7H2,1H3. The molecule has 116 valence electrons. The van der Waals surface area contributed by atoms with Gasteiger partial charge in [-0.1, -0.05) is 0 Å². The first-order chi connectivity index (χ1) is 10.5. The fraction of sp³-hybridized carbons (Fsp3) is 0.357. The van der Waals surface area contributed by atoms with E-state index in [0.717, 1.165) is 0 Å². The van der Waals surface area contributed by atoms with Crippen molar-refractivity contribution in [3.8, 4) is 5.75 Å². The van der Waals surface area contributed by atoms with Crippen LogP contribution in [0.3, 0.4) is 0 Å². The van der Waals surface area contributed by atoms with Gasteiger partial charge in [-0.3, -0.25) is 14.9 Å². The van der Waals surface area contributed by atoms with E-state index in [1.165, 1.54) is 19.2 Å². The van der Waals surface area contributed by atoms with E-state index >= 15 is 0 Å². The monoisotopic (exact) mass is 305 g/mol. The summed E-state index contributed by atoms with van der Waals surface area (Å²) in [5, 5.41) is 24.8. The van der Waals surface area contributed by atoms with Gasteiger partial charge in [-0.15, -0.1) is 0 Å². The number of non-ortho nitro benzene ring substituents is 1. The van der Waals surface area contributed by atoms with E-state index in [2.05, 4.69) is 5.32 Å². The molecule has 1 aliphatic heterocycles. The molecule has 8 heteroatoms. The molecule has 0 saturated heterocycles. The van der Waals surface area contributed by atoms with Gasteiger partial charge in [0.2, 0.25) is 0 Å². The number of carbonyl (C=O) groups is 1. The van der Waals surface area contributed by atoms with Crippen molar-refractivity contribution in [2.45, 2.75) is 19.0 Å². The number of fused-ring (bicyclic) bond motifs is 3. The number of nitrogens with zero attached hydrogens (tertiary/aromatic N) is 2. The summed E-state index contributed by atoms with van der Waals surface area (Å²) in [5.74, 6) is -0.330. The first kappa shape index (κ1) is 14.3. The zero-order chi connectivity index (χ0) is 15.9. The van der Waals surface area contributed by atoms with Crippen molar-refractivity contribution in [1.29, 1.82) is 0 Å². The molecule has 1 unspecified atom stereocenters. The SMILES string of the molecule is COC(=O)CC1CNCc2c(O)c3cc([N+](=O)[O-])ccc3n21. The summed E-state index contributed by atoms with van der Waals surface area (Å²) in [5.41, 5.74) is 1.22. The number of nitrogens with one attached hydrogen (secondary N) is 1. The predicted molar refractivity (Wildman–Crippen MR) is 77.6 cm³/mol. The van der Waals surface area contributed by atoms with Gasteiger partial charge in [0.15, 0.2) is 0 Å². The number of hydrogen-bond donors (Lipinski definition) is 2. The number of ether oxygens (including phenoxy) is 1. The molecule has 0 spiro atoms. The average molecular weight is 305 g/mol. The van der Waals surface area contributed by atoms with Crippen molar-refractivity contribution >= 4 is 22.6 Å². The normalized spacial score (nSPS) is 17.2. The fourth-order valence-electron chi connectivity index (χ4n) is 2.93. The van der Waals surface area contributed by atoms with Crippen molar-refractivity contribution < 1.29 is 19.6 Å². The van der Waals surface area contributed by atoms with Crippen LogP contribution in [0.2, 0.25) is 0 Å². The number of aromatic hydroxyl groups is 1. The molecule has 0 fully saturated rings. The van der Waals surface area contributed by atoms with Gasteiger partial charge < -0.3 is 19.7 Å². The van der Waals surface area contributed by atoms with Crippen molar-refractivity contribution in [2.24, 2.45) is 0 Å². The summed E-state index contributed by atoms with van der Waals surface area (Å²) >= 11 is 0. The molecular weight excluding hydrogens is 290 g/mol. The van der Waals surface area contributed by atoms with Crippen LogP contribution in [0, 0.1) is 10.1 Å². The molecule has 2 aromatic rings. The summed E-state index contributed by atoms with van der Waals surface area (Å²) in [4.78, 5) is 22.0. The van der Waals surface area contributed by atoms with Crippen LogP contribution in [-0.2, 0) is 16.1 Å². The zero-order valence-corrected chi connectivity index (χ0v) is 11.9. The third kappa shape index (κ3) is 2.17. The van der Waals surface area contributed by atoms with E-state index < -0.39 is 4.92 Å². The van der Waals surface area contributed by atoms with Gasteiger partial charge in [-0.25, -0.2) is 0 Å². The van der Waals surface area contributed by atoms with Crippen LogP contribution in [0.15, 0.2) is 18.2 Å². The van der Waals surface area contributed by atoms with Crippen molar-refractivity contribution in [3.63, 3.8) is 0 Å². The number of rotatable bonds is 3. The lowest BCUT2D eigenvalue weighted by Gasteiger charge is -2.27. The minimum atomic E-state index is -0.500. The van der Waals surface area contributed by atoms with Gasteiger partial charge >= 0.3 is 5.97 Å². The van der Waals surface area contributed by atoms with Gasteiger partial charge in [-0.05, 0) is 6.07 Å². The summed E-state index contributed by atoms with van der Waals surface area (Å²) in [7, 11) is 1.33. The molecule has 22 heavy (non-hydrogen) atoms. The maximum atomic E-state index is 11.6. The Kier molecular flexibility index (Phi) is 3.45. The van der Waals surface area contributed by atoms with Crippen LogP contribution < -0.4 is 5.32 Å². The minimum Gasteiger partial charge on any atom is -0.505 e. The number of carbonyl (C=O) groups excluding carboxylic acids is 1. The lowest BCUT2D eigenvalue weighted by Crippen LogP contribution is -2.34. The Morgan fingerprint density at radius 3 is 3.05 bits per heavy atom. The molecule has 2 N–H and O–H groups in total. The van der Waals surface area contributed by atoms with Crippen LogP contribution in [-0.4, -0.2) is 34.2 Å². The molecule has 0 aliphatic carbocycles. The van der Waals surface area contributed by atoms with Crippen molar-refractivity contribution in [1.82, 2.24) is 9.88 Å². The summed E-state index contributed by atoms with van der Waals surface area (Å²) < 4.78 is 6.57. The molecule has 1 aromatic carbocycles. The van der Waals surface area contributed by atoms with Crippen LogP contribution >= 0.6 is 0 Å². The number of esters is 1. The van der Waals surface area contributed by atoms with Gasteiger partial charge in [0.1, 0.15) is 5.75 Å². The summed E-state index contributed by atoms with van der Waals surface area (Å²) in [6.07, 6.45) is 0.163. The number of aromatic nitrogens is 1. The van der Waals surface area contributed by atoms with E-state index in [1.807, 2.05) is 4.57 Å². The van der Waals surface area contributed by atoms with E-state index in [0.29, 0.717) is 29.7 Å². The molecule has 1 atom stereocenters. The summed E-state index contributed by atoms with van der Waals surface area (Å²) in [6.45, 7) is 0.994. The number of nitro groups is 1. The smallest absolute Gasteiger partial charge is 0.307 e. The van der Waals surface area contributed by atoms with E-state index in [1.54, 1.807) is 6.07 Å². The second-order valence-electron chi connectivity index (χ2n) is 5.19. The van der Waals surface area contributed by atoms with Gasteiger partial charge in [0, 0.05) is 30.6 Å². The zero-order valence-electron chi connectivity index (χ0n) is 11.9. The van der Waals surface area contributed by atoms with Crippen LogP contribution in [0.5, 0.6) is 5.75 Å². The number of benzene rings is 1. The van der Waals surface area contributed by atoms with Crippen LogP contribution in [0.25, 0.3) is 10.9 Å². The maximum absolute atomic E-state index is 11.6. The fourth-order valence-corrected chi connectivity index (χ4v) is 2.93. The minimum absolute atomic E-state index is 0.0146. The molecule has 2 heterocycles. The highest BCUT2D eigenvalue weighted by atomic mass is 16.6. The molecular formula is C14H15N3O5. The number of methoxy groups -OCH3 is 1. The topological polar surface area (TPSA) is 107 Å². The highest BCUT2D eigenvalue weighted by molar-refractivity contribution is 5.90. The predicted octanol–water partition coefficient (Wildman–Crippen LogP) is 1.46. The first-order valence-electron chi connectivity index (χ1n) is 6.80. The largest absolute Gasteiger partial charge is 0.505 e. The van der Waals surface area contributed by atoms with Gasteiger partial charge in [0.05, 0.1) is 35.7 Å². The molecule has 0 bridgehead atoms. The average Bonchev–Trinajstić information content (AvgIpc) is 2.81. The molecule has 1 aromatic heterocycles. The van der Waals surface area contributed by atoms with Crippen molar-refractivity contribution in [3.05, 3.63) is 34.0 Å². The summed E-state index contributed by atoms with van der Waals surface area (Å²) in [6, 6.07) is 4.14.